The lowest BCUT2D eigenvalue weighted by Gasteiger charge is -2.23. The van der Waals surface area contributed by atoms with Crippen LogP contribution in [0, 0.1) is 6.92 Å². The van der Waals surface area contributed by atoms with Crippen molar-refractivity contribution in [2.75, 3.05) is 20.8 Å². The summed E-state index contributed by atoms with van der Waals surface area (Å²) >= 11 is 0. The van der Waals surface area contributed by atoms with E-state index >= 15 is 0 Å². The third-order valence-electron chi connectivity index (χ3n) is 3.65. The number of ether oxygens (including phenoxy) is 2. The summed E-state index contributed by atoms with van der Waals surface area (Å²) in [7, 11) is 3.40. The molecule has 0 saturated heterocycles. The molecule has 0 bridgehead atoms. The number of aryl methyl sites for hydroxylation is 1. The lowest BCUT2D eigenvalue weighted by molar-refractivity contribution is 0.404. The first-order valence-corrected chi connectivity index (χ1v) is 7.22. The Morgan fingerprint density at radius 3 is 2.38 bits per heavy atom. The van der Waals surface area contributed by atoms with Crippen LogP contribution in [0.25, 0.3) is 0 Å². The molecule has 0 amide bonds. The first-order valence-electron chi connectivity index (χ1n) is 7.22. The van der Waals surface area contributed by atoms with Crippen molar-refractivity contribution in [2.45, 2.75) is 19.9 Å². The van der Waals surface area contributed by atoms with E-state index in [2.05, 4.69) is 37.4 Å². The Kier molecular flexibility index (Phi) is 5.23. The highest BCUT2D eigenvalue weighted by atomic mass is 16.5. The van der Waals surface area contributed by atoms with E-state index in [0.717, 1.165) is 23.6 Å². The SMILES string of the molecule is CCNC(c1ccc(OC)cc1C)c1ccccc1OC. The highest BCUT2D eigenvalue weighted by molar-refractivity contribution is 5.45. The van der Waals surface area contributed by atoms with E-state index < -0.39 is 0 Å². The first-order chi connectivity index (χ1) is 10.2. The smallest absolute Gasteiger partial charge is 0.123 e. The standard InChI is InChI=1S/C18H23NO2/c1-5-19-18(16-8-6-7-9-17(16)21-4)15-11-10-14(20-3)12-13(15)2/h6-12,18-19H,5H2,1-4H3. The van der Waals surface area contributed by atoms with Crippen LogP contribution in [0.15, 0.2) is 42.5 Å². The van der Waals surface area contributed by atoms with Gasteiger partial charge in [0.2, 0.25) is 0 Å². The van der Waals surface area contributed by atoms with Crippen molar-refractivity contribution >= 4 is 0 Å². The summed E-state index contributed by atoms with van der Waals surface area (Å²) in [6.07, 6.45) is 0. The highest BCUT2D eigenvalue weighted by Crippen LogP contribution is 2.32. The molecule has 3 heteroatoms. The van der Waals surface area contributed by atoms with Gasteiger partial charge in [0.25, 0.3) is 0 Å². The van der Waals surface area contributed by atoms with Gasteiger partial charge in [-0.05, 0) is 42.8 Å². The Morgan fingerprint density at radius 2 is 1.76 bits per heavy atom. The second kappa shape index (κ2) is 7.14. The molecule has 1 N–H and O–H groups in total. The number of hydrogen-bond acceptors (Lipinski definition) is 3. The zero-order valence-electron chi connectivity index (χ0n) is 13.1. The molecule has 0 aliphatic rings. The minimum absolute atomic E-state index is 0.108. The lowest BCUT2D eigenvalue weighted by atomic mass is 9.94. The molecule has 2 aromatic rings. The Morgan fingerprint density at radius 1 is 1.00 bits per heavy atom. The van der Waals surface area contributed by atoms with Crippen molar-refractivity contribution in [2.24, 2.45) is 0 Å². The molecular weight excluding hydrogens is 262 g/mol. The number of hydrogen-bond donors (Lipinski definition) is 1. The molecule has 1 unspecified atom stereocenters. The highest BCUT2D eigenvalue weighted by Gasteiger charge is 2.19. The van der Waals surface area contributed by atoms with Crippen LogP contribution in [0.1, 0.15) is 29.7 Å². The van der Waals surface area contributed by atoms with Gasteiger partial charge >= 0.3 is 0 Å². The summed E-state index contributed by atoms with van der Waals surface area (Å²) < 4.78 is 10.8. The van der Waals surface area contributed by atoms with E-state index in [1.54, 1.807) is 14.2 Å². The van der Waals surface area contributed by atoms with Crippen LogP contribution < -0.4 is 14.8 Å². The molecule has 0 aliphatic carbocycles. The van der Waals surface area contributed by atoms with Crippen LogP contribution in [0.4, 0.5) is 0 Å². The zero-order chi connectivity index (χ0) is 15.2. The molecule has 0 aromatic heterocycles. The minimum atomic E-state index is 0.108. The quantitative estimate of drug-likeness (QED) is 0.877. The van der Waals surface area contributed by atoms with Crippen LogP contribution in [-0.4, -0.2) is 20.8 Å². The number of rotatable bonds is 6. The first kappa shape index (κ1) is 15.4. The second-order valence-corrected chi connectivity index (χ2v) is 4.96. The molecular formula is C18H23NO2. The predicted octanol–water partition coefficient (Wildman–Crippen LogP) is 3.71. The molecule has 2 rings (SSSR count). The predicted molar refractivity (Wildman–Crippen MR) is 86.2 cm³/mol. The van der Waals surface area contributed by atoms with Gasteiger partial charge in [-0.25, -0.2) is 0 Å². The van der Waals surface area contributed by atoms with Gasteiger partial charge in [-0.1, -0.05) is 31.2 Å². The molecule has 0 heterocycles. The second-order valence-electron chi connectivity index (χ2n) is 4.96. The van der Waals surface area contributed by atoms with Gasteiger partial charge in [0.1, 0.15) is 11.5 Å². The fraction of sp³-hybridized carbons (Fsp3) is 0.333. The van der Waals surface area contributed by atoms with E-state index in [0.29, 0.717) is 0 Å². The van der Waals surface area contributed by atoms with Gasteiger partial charge in [0.15, 0.2) is 0 Å². The number of methoxy groups -OCH3 is 2. The van der Waals surface area contributed by atoms with Crippen molar-refractivity contribution in [3.63, 3.8) is 0 Å². The topological polar surface area (TPSA) is 30.5 Å². The average molecular weight is 285 g/mol. The number of para-hydroxylation sites is 1. The summed E-state index contributed by atoms with van der Waals surface area (Å²) in [6.45, 7) is 5.10. The van der Waals surface area contributed by atoms with Gasteiger partial charge in [-0.3, -0.25) is 0 Å². The fourth-order valence-electron chi connectivity index (χ4n) is 2.60. The molecule has 21 heavy (non-hydrogen) atoms. The minimum Gasteiger partial charge on any atom is -0.497 e. The molecule has 3 nitrogen and oxygen atoms in total. The van der Waals surface area contributed by atoms with Crippen molar-refractivity contribution in [1.29, 1.82) is 0 Å². The van der Waals surface area contributed by atoms with Gasteiger partial charge in [-0.15, -0.1) is 0 Å². The van der Waals surface area contributed by atoms with Crippen molar-refractivity contribution < 1.29 is 9.47 Å². The molecule has 0 radical (unpaired) electrons. The zero-order valence-corrected chi connectivity index (χ0v) is 13.1. The van der Waals surface area contributed by atoms with Crippen LogP contribution in [-0.2, 0) is 0 Å². The number of benzene rings is 2. The fourth-order valence-corrected chi connectivity index (χ4v) is 2.60. The van der Waals surface area contributed by atoms with Gasteiger partial charge in [-0.2, -0.15) is 0 Å². The van der Waals surface area contributed by atoms with E-state index in [-0.39, 0.29) is 6.04 Å². The molecule has 0 fully saturated rings. The van der Waals surface area contributed by atoms with E-state index in [1.807, 2.05) is 24.3 Å². The van der Waals surface area contributed by atoms with E-state index in [9.17, 15) is 0 Å². The van der Waals surface area contributed by atoms with Gasteiger partial charge in [0.05, 0.1) is 20.3 Å². The molecule has 0 aliphatic heterocycles. The maximum atomic E-state index is 5.51. The number of nitrogens with one attached hydrogen (secondary N) is 1. The monoisotopic (exact) mass is 285 g/mol. The summed E-state index contributed by atoms with van der Waals surface area (Å²) in [5.41, 5.74) is 3.59. The van der Waals surface area contributed by atoms with Crippen LogP contribution in [0.3, 0.4) is 0 Å². The Labute approximate surface area is 126 Å². The molecule has 0 saturated carbocycles. The van der Waals surface area contributed by atoms with E-state index in [1.165, 1.54) is 11.1 Å². The Bertz CT molecular complexity index is 596. The third kappa shape index (κ3) is 3.37. The van der Waals surface area contributed by atoms with Crippen molar-refractivity contribution in [3.05, 3.63) is 59.2 Å². The normalized spacial score (nSPS) is 12.0. The van der Waals surface area contributed by atoms with Crippen LogP contribution >= 0.6 is 0 Å². The van der Waals surface area contributed by atoms with Crippen LogP contribution in [0.5, 0.6) is 11.5 Å². The average Bonchev–Trinajstić information content (AvgIpc) is 2.53. The third-order valence-corrected chi connectivity index (χ3v) is 3.65. The molecule has 112 valence electrons. The largest absolute Gasteiger partial charge is 0.497 e. The van der Waals surface area contributed by atoms with Crippen molar-refractivity contribution in [1.82, 2.24) is 5.32 Å². The Balaban J connectivity index is 2.48. The maximum absolute atomic E-state index is 5.51. The molecule has 2 aromatic carbocycles. The maximum Gasteiger partial charge on any atom is 0.123 e. The molecule has 0 spiro atoms. The summed E-state index contributed by atoms with van der Waals surface area (Å²) in [5, 5.41) is 3.55. The lowest BCUT2D eigenvalue weighted by Crippen LogP contribution is -2.23. The van der Waals surface area contributed by atoms with Gasteiger partial charge in [0, 0.05) is 5.56 Å². The Hall–Kier alpha value is -2.00. The van der Waals surface area contributed by atoms with Crippen molar-refractivity contribution in [3.8, 4) is 11.5 Å². The summed E-state index contributed by atoms with van der Waals surface area (Å²) in [6, 6.07) is 14.4. The summed E-state index contributed by atoms with van der Waals surface area (Å²) in [4.78, 5) is 0. The van der Waals surface area contributed by atoms with Gasteiger partial charge < -0.3 is 14.8 Å². The van der Waals surface area contributed by atoms with E-state index in [4.69, 9.17) is 9.47 Å². The van der Waals surface area contributed by atoms with Crippen LogP contribution in [0.2, 0.25) is 0 Å². The molecule has 1 atom stereocenters. The summed E-state index contributed by atoms with van der Waals surface area (Å²) in [5.74, 6) is 1.78.